The average Bonchev–Trinajstić information content (AvgIpc) is 3.02. The Morgan fingerprint density at radius 1 is 1.14 bits per heavy atom. The molecule has 0 radical (unpaired) electrons. The first-order valence-corrected chi connectivity index (χ1v) is 7.05. The summed E-state index contributed by atoms with van der Waals surface area (Å²) in [6.45, 7) is 0.390. The minimum Gasteiger partial charge on any atom is -0.497 e. The normalized spacial score (nSPS) is 10.0. The number of hydrogen-bond acceptors (Lipinski definition) is 5. The van der Waals surface area contributed by atoms with Crippen molar-refractivity contribution in [1.82, 2.24) is 5.32 Å². The van der Waals surface area contributed by atoms with Gasteiger partial charge in [0, 0.05) is 6.54 Å². The predicted molar refractivity (Wildman–Crippen MR) is 79.8 cm³/mol. The van der Waals surface area contributed by atoms with E-state index in [-0.39, 0.29) is 5.91 Å². The van der Waals surface area contributed by atoms with Crippen LogP contribution in [-0.2, 0) is 11.3 Å². The van der Waals surface area contributed by atoms with Gasteiger partial charge in [0.25, 0.3) is 5.91 Å². The molecule has 0 saturated carbocycles. The molecule has 6 heteroatoms. The van der Waals surface area contributed by atoms with E-state index in [1.807, 2.05) is 24.3 Å². The summed E-state index contributed by atoms with van der Waals surface area (Å²) in [5.74, 6) is 0.0793. The van der Waals surface area contributed by atoms with Crippen molar-refractivity contribution in [3.8, 4) is 5.75 Å². The van der Waals surface area contributed by atoms with Gasteiger partial charge in [-0.15, -0.1) is 11.3 Å². The fraction of sp³-hybridized carbons (Fsp3) is 0.200. The number of rotatable bonds is 5. The summed E-state index contributed by atoms with van der Waals surface area (Å²) in [5.41, 5.74) is 0.937. The van der Waals surface area contributed by atoms with Gasteiger partial charge in [0.2, 0.25) is 0 Å². The van der Waals surface area contributed by atoms with Crippen molar-refractivity contribution >= 4 is 23.2 Å². The summed E-state index contributed by atoms with van der Waals surface area (Å²) >= 11 is 1.11. The second kappa shape index (κ2) is 6.90. The minimum atomic E-state index is -0.438. The highest BCUT2D eigenvalue weighted by atomic mass is 32.1. The van der Waals surface area contributed by atoms with E-state index in [1.165, 1.54) is 7.11 Å². The van der Waals surface area contributed by atoms with Crippen molar-refractivity contribution in [2.45, 2.75) is 6.54 Å². The molecule has 0 aliphatic heterocycles. The molecular weight excluding hydrogens is 290 g/mol. The van der Waals surface area contributed by atoms with Crippen LogP contribution in [0.3, 0.4) is 0 Å². The lowest BCUT2D eigenvalue weighted by molar-refractivity contribution is 0.0606. The van der Waals surface area contributed by atoms with Crippen molar-refractivity contribution in [2.24, 2.45) is 0 Å². The van der Waals surface area contributed by atoms with Crippen molar-refractivity contribution in [3.05, 3.63) is 51.7 Å². The van der Waals surface area contributed by atoms with Crippen LogP contribution in [0.2, 0.25) is 0 Å². The second-order valence-corrected chi connectivity index (χ2v) is 5.27. The number of benzene rings is 1. The Labute approximate surface area is 126 Å². The molecule has 0 fully saturated rings. The first kappa shape index (κ1) is 15.1. The monoisotopic (exact) mass is 305 g/mol. The molecule has 1 N–H and O–H groups in total. The molecule has 0 atom stereocenters. The Morgan fingerprint density at radius 2 is 1.90 bits per heavy atom. The van der Waals surface area contributed by atoms with Crippen LogP contribution in [0.15, 0.2) is 36.4 Å². The summed E-state index contributed by atoms with van der Waals surface area (Å²) in [6.07, 6.45) is 0. The lowest BCUT2D eigenvalue weighted by Crippen LogP contribution is -2.21. The molecular formula is C15H15NO4S. The molecule has 21 heavy (non-hydrogen) atoms. The molecule has 1 amide bonds. The number of nitrogens with one attached hydrogen (secondary N) is 1. The highest BCUT2D eigenvalue weighted by Crippen LogP contribution is 2.18. The van der Waals surface area contributed by atoms with Gasteiger partial charge in [-0.2, -0.15) is 0 Å². The number of hydrogen-bond donors (Lipinski definition) is 1. The molecule has 1 heterocycles. The molecule has 2 aromatic rings. The second-order valence-electron chi connectivity index (χ2n) is 4.19. The van der Waals surface area contributed by atoms with Crippen LogP contribution in [0, 0.1) is 0 Å². The van der Waals surface area contributed by atoms with E-state index < -0.39 is 5.97 Å². The fourth-order valence-electron chi connectivity index (χ4n) is 1.72. The van der Waals surface area contributed by atoms with Crippen LogP contribution < -0.4 is 10.1 Å². The minimum absolute atomic E-state index is 0.224. The van der Waals surface area contributed by atoms with Crippen molar-refractivity contribution < 1.29 is 19.1 Å². The smallest absolute Gasteiger partial charge is 0.348 e. The zero-order valence-electron chi connectivity index (χ0n) is 11.7. The van der Waals surface area contributed by atoms with E-state index in [9.17, 15) is 9.59 Å². The van der Waals surface area contributed by atoms with Crippen LogP contribution in [0.1, 0.15) is 24.9 Å². The first-order valence-electron chi connectivity index (χ1n) is 6.23. The first-order chi connectivity index (χ1) is 10.1. The maximum atomic E-state index is 12.0. The Hall–Kier alpha value is -2.34. The zero-order valence-corrected chi connectivity index (χ0v) is 12.5. The zero-order chi connectivity index (χ0) is 15.2. The number of carbonyl (C=O) groups is 2. The lowest BCUT2D eigenvalue weighted by Gasteiger charge is -2.05. The number of esters is 1. The van der Waals surface area contributed by atoms with Crippen LogP contribution in [0.25, 0.3) is 0 Å². The van der Waals surface area contributed by atoms with E-state index in [4.69, 9.17) is 4.74 Å². The quantitative estimate of drug-likeness (QED) is 0.862. The van der Waals surface area contributed by atoms with Gasteiger partial charge in [0.15, 0.2) is 0 Å². The highest BCUT2D eigenvalue weighted by molar-refractivity contribution is 7.15. The van der Waals surface area contributed by atoms with Gasteiger partial charge in [-0.3, -0.25) is 4.79 Å². The summed E-state index contributed by atoms with van der Waals surface area (Å²) < 4.78 is 9.74. The number of methoxy groups -OCH3 is 2. The predicted octanol–water partition coefficient (Wildman–Crippen LogP) is 2.47. The van der Waals surface area contributed by atoms with Gasteiger partial charge < -0.3 is 14.8 Å². The van der Waals surface area contributed by atoms with Gasteiger partial charge in [0.05, 0.1) is 19.1 Å². The molecule has 0 spiro atoms. The van der Waals surface area contributed by atoms with Crippen LogP contribution in [-0.4, -0.2) is 26.1 Å². The largest absolute Gasteiger partial charge is 0.497 e. The molecule has 1 aromatic carbocycles. The van der Waals surface area contributed by atoms with Gasteiger partial charge in [-0.05, 0) is 29.8 Å². The van der Waals surface area contributed by atoms with E-state index in [1.54, 1.807) is 19.2 Å². The Bertz CT molecular complexity index is 651. The Kier molecular flexibility index (Phi) is 4.94. The third kappa shape index (κ3) is 3.82. The fourth-order valence-corrected chi connectivity index (χ4v) is 2.56. The standard InChI is InChI=1S/C15H15NO4S/c1-19-11-5-3-4-10(8-11)9-16-14(17)12-6-7-13(21-12)15(18)20-2/h3-8H,9H2,1-2H3,(H,16,17). The molecule has 110 valence electrons. The Balaban J connectivity index is 1.98. The van der Waals surface area contributed by atoms with Crippen LogP contribution in [0.4, 0.5) is 0 Å². The number of ether oxygens (including phenoxy) is 2. The topological polar surface area (TPSA) is 64.6 Å². The molecule has 5 nitrogen and oxygen atoms in total. The molecule has 0 unspecified atom stereocenters. The van der Waals surface area contributed by atoms with Crippen molar-refractivity contribution in [2.75, 3.05) is 14.2 Å². The van der Waals surface area contributed by atoms with Gasteiger partial charge in [-0.1, -0.05) is 12.1 Å². The SMILES string of the molecule is COC(=O)c1ccc(C(=O)NCc2cccc(OC)c2)s1. The molecule has 0 aliphatic rings. The molecule has 0 bridgehead atoms. The van der Waals surface area contributed by atoms with Gasteiger partial charge in [0.1, 0.15) is 10.6 Å². The summed E-state index contributed by atoms with van der Waals surface area (Å²) in [6, 6.07) is 10.6. The van der Waals surface area contributed by atoms with Crippen molar-refractivity contribution in [1.29, 1.82) is 0 Å². The van der Waals surface area contributed by atoms with E-state index in [0.717, 1.165) is 22.6 Å². The van der Waals surface area contributed by atoms with Gasteiger partial charge in [-0.25, -0.2) is 4.79 Å². The third-order valence-corrected chi connectivity index (χ3v) is 3.87. The maximum Gasteiger partial charge on any atom is 0.348 e. The molecule has 2 rings (SSSR count). The lowest BCUT2D eigenvalue weighted by atomic mass is 10.2. The van der Waals surface area contributed by atoms with E-state index in [0.29, 0.717) is 16.3 Å². The summed E-state index contributed by atoms with van der Waals surface area (Å²) in [4.78, 5) is 24.2. The third-order valence-electron chi connectivity index (χ3n) is 2.80. The molecule has 1 aromatic heterocycles. The summed E-state index contributed by atoms with van der Waals surface area (Å²) in [5, 5.41) is 2.80. The van der Waals surface area contributed by atoms with Gasteiger partial charge >= 0.3 is 5.97 Å². The maximum absolute atomic E-state index is 12.0. The Morgan fingerprint density at radius 3 is 2.62 bits per heavy atom. The number of amides is 1. The average molecular weight is 305 g/mol. The summed E-state index contributed by atoms with van der Waals surface area (Å²) in [7, 11) is 2.91. The van der Waals surface area contributed by atoms with Crippen molar-refractivity contribution in [3.63, 3.8) is 0 Å². The van der Waals surface area contributed by atoms with E-state index >= 15 is 0 Å². The molecule has 0 aliphatic carbocycles. The highest BCUT2D eigenvalue weighted by Gasteiger charge is 2.13. The molecule has 0 saturated heterocycles. The number of thiophene rings is 1. The van der Waals surface area contributed by atoms with E-state index in [2.05, 4.69) is 10.1 Å². The van der Waals surface area contributed by atoms with Crippen LogP contribution in [0.5, 0.6) is 5.75 Å². The number of carbonyl (C=O) groups excluding carboxylic acids is 2. The van der Waals surface area contributed by atoms with Crippen LogP contribution >= 0.6 is 11.3 Å².